The molecule has 1 aromatic heterocycles. The molecule has 6 heteroatoms. The predicted molar refractivity (Wildman–Crippen MR) is 106 cm³/mol. The Hall–Kier alpha value is -2.60. The van der Waals surface area contributed by atoms with Crippen LogP contribution in [0.2, 0.25) is 0 Å². The van der Waals surface area contributed by atoms with Crippen LogP contribution in [0.5, 0.6) is 0 Å². The normalized spacial score (nSPS) is 10.8. The van der Waals surface area contributed by atoms with E-state index in [1.54, 1.807) is 17.8 Å². The van der Waals surface area contributed by atoms with Crippen LogP contribution in [0.1, 0.15) is 11.1 Å². The lowest BCUT2D eigenvalue weighted by Gasteiger charge is -2.09. The minimum atomic E-state index is -0.192. The quantitative estimate of drug-likeness (QED) is 0.537. The molecule has 5 nitrogen and oxygen atoms in total. The van der Waals surface area contributed by atoms with E-state index < -0.39 is 0 Å². The molecule has 0 unspecified atom stereocenters. The lowest BCUT2D eigenvalue weighted by molar-refractivity contribution is -0.121. The van der Waals surface area contributed by atoms with Crippen molar-refractivity contribution >= 4 is 28.6 Å². The molecule has 26 heavy (non-hydrogen) atoms. The minimum Gasteiger partial charge on any atom is -0.354 e. The molecule has 0 bridgehead atoms. The number of fused-ring (bicyclic) bond motifs is 1. The topological polar surface area (TPSA) is 64.0 Å². The van der Waals surface area contributed by atoms with Crippen LogP contribution >= 0.6 is 11.8 Å². The Labute approximate surface area is 156 Å². The zero-order valence-electron chi connectivity index (χ0n) is 14.9. The lowest BCUT2D eigenvalue weighted by Crippen LogP contribution is -2.33. The van der Waals surface area contributed by atoms with E-state index >= 15 is 0 Å². The van der Waals surface area contributed by atoms with E-state index in [0.717, 1.165) is 11.3 Å². The van der Waals surface area contributed by atoms with Gasteiger partial charge in [0, 0.05) is 17.2 Å². The summed E-state index contributed by atoms with van der Waals surface area (Å²) in [6, 6.07) is 13.8. The van der Waals surface area contributed by atoms with Gasteiger partial charge in [0.15, 0.2) is 0 Å². The van der Waals surface area contributed by atoms with Gasteiger partial charge in [0.05, 0.1) is 17.2 Å². The van der Waals surface area contributed by atoms with Gasteiger partial charge in [0.2, 0.25) is 5.91 Å². The molecule has 1 N–H and O–H groups in total. The largest absolute Gasteiger partial charge is 0.354 e. The summed E-state index contributed by atoms with van der Waals surface area (Å²) in [4.78, 5) is 30.1. The Bertz CT molecular complexity index is 981. The summed E-state index contributed by atoms with van der Waals surface area (Å²) < 4.78 is 1.35. The zero-order chi connectivity index (χ0) is 18.5. The third-order valence-corrected chi connectivity index (χ3v) is 5.10. The van der Waals surface area contributed by atoms with Crippen LogP contribution in [0.25, 0.3) is 10.9 Å². The third-order valence-electron chi connectivity index (χ3n) is 4.08. The van der Waals surface area contributed by atoms with Gasteiger partial charge in [-0.15, -0.1) is 11.8 Å². The van der Waals surface area contributed by atoms with E-state index in [4.69, 9.17) is 0 Å². The standard InChI is InChI=1S/C20H21N3O2S/c1-14-6-8-16(9-7-14)26-11-10-21-18(24)12-23-13-22-19-15(2)4-3-5-17(19)20(23)25/h3-9,13H,10-12H2,1-2H3,(H,21,24). The first kappa shape index (κ1) is 18.2. The summed E-state index contributed by atoms with van der Waals surface area (Å²) in [6.07, 6.45) is 1.44. The van der Waals surface area contributed by atoms with E-state index in [9.17, 15) is 9.59 Å². The molecule has 0 spiro atoms. The number of hydrogen-bond acceptors (Lipinski definition) is 4. The van der Waals surface area contributed by atoms with Gasteiger partial charge in [0.25, 0.3) is 5.56 Å². The fourth-order valence-corrected chi connectivity index (χ4v) is 3.42. The molecule has 3 rings (SSSR count). The Balaban J connectivity index is 1.55. The molecule has 2 aromatic carbocycles. The Kier molecular flexibility index (Phi) is 5.73. The van der Waals surface area contributed by atoms with Crippen molar-refractivity contribution in [2.75, 3.05) is 12.3 Å². The summed E-state index contributed by atoms with van der Waals surface area (Å²) in [5.41, 5.74) is 2.67. The minimum absolute atomic E-state index is 0.0229. The molecule has 0 saturated heterocycles. The fourth-order valence-electron chi connectivity index (χ4n) is 2.65. The number of amides is 1. The maximum absolute atomic E-state index is 12.5. The summed E-state index contributed by atoms with van der Waals surface area (Å²) in [6.45, 7) is 4.49. The summed E-state index contributed by atoms with van der Waals surface area (Å²) in [7, 11) is 0. The summed E-state index contributed by atoms with van der Waals surface area (Å²) >= 11 is 1.69. The van der Waals surface area contributed by atoms with Gasteiger partial charge in [0.1, 0.15) is 6.54 Å². The van der Waals surface area contributed by atoms with E-state index in [1.165, 1.54) is 21.4 Å². The highest BCUT2D eigenvalue weighted by atomic mass is 32.2. The molecule has 1 amide bonds. The summed E-state index contributed by atoms with van der Waals surface area (Å²) in [5.74, 6) is 0.587. The van der Waals surface area contributed by atoms with E-state index in [1.807, 2.05) is 19.1 Å². The zero-order valence-corrected chi connectivity index (χ0v) is 15.7. The predicted octanol–water partition coefficient (Wildman–Crippen LogP) is 2.92. The number of benzene rings is 2. The van der Waals surface area contributed by atoms with Gasteiger partial charge in [-0.25, -0.2) is 4.98 Å². The van der Waals surface area contributed by atoms with Gasteiger partial charge >= 0.3 is 0 Å². The molecule has 0 saturated carbocycles. The summed E-state index contributed by atoms with van der Waals surface area (Å²) in [5, 5.41) is 3.39. The number of nitrogens with one attached hydrogen (secondary N) is 1. The van der Waals surface area contributed by atoms with Crippen LogP contribution in [0, 0.1) is 13.8 Å². The number of nitrogens with zero attached hydrogens (tertiary/aromatic N) is 2. The van der Waals surface area contributed by atoms with Crippen molar-refractivity contribution in [2.24, 2.45) is 0 Å². The number of carbonyl (C=O) groups excluding carboxylic acids is 1. The van der Waals surface area contributed by atoms with Gasteiger partial charge in [-0.3, -0.25) is 14.2 Å². The molecular formula is C20H21N3O2S. The average Bonchev–Trinajstić information content (AvgIpc) is 2.63. The average molecular weight is 367 g/mol. The molecular weight excluding hydrogens is 346 g/mol. The van der Waals surface area contributed by atoms with E-state index in [0.29, 0.717) is 17.4 Å². The molecule has 0 aliphatic carbocycles. The lowest BCUT2D eigenvalue weighted by atomic mass is 10.1. The smallest absolute Gasteiger partial charge is 0.261 e. The first-order valence-corrected chi connectivity index (χ1v) is 9.44. The molecule has 134 valence electrons. The number of para-hydroxylation sites is 1. The first-order valence-electron chi connectivity index (χ1n) is 8.45. The van der Waals surface area contributed by atoms with Crippen LogP contribution in [-0.4, -0.2) is 27.8 Å². The second-order valence-electron chi connectivity index (χ2n) is 6.16. The number of aryl methyl sites for hydroxylation is 2. The molecule has 0 radical (unpaired) electrons. The SMILES string of the molecule is Cc1ccc(SCCNC(=O)Cn2cnc3c(C)cccc3c2=O)cc1. The first-order chi connectivity index (χ1) is 12.5. The van der Waals surface area contributed by atoms with Crippen molar-refractivity contribution in [1.82, 2.24) is 14.9 Å². The van der Waals surface area contributed by atoms with Crippen molar-refractivity contribution in [3.8, 4) is 0 Å². The van der Waals surface area contributed by atoms with Gasteiger partial charge in [-0.05, 0) is 37.6 Å². The molecule has 0 fully saturated rings. The van der Waals surface area contributed by atoms with Crippen LogP contribution in [0.15, 0.2) is 58.5 Å². The monoisotopic (exact) mass is 367 g/mol. The van der Waals surface area contributed by atoms with Crippen LogP contribution < -0.4 is 10.9 Å². The van der Waals surface area contributed by atoms with Crippen molar-refractivity contribution in [2.45, 2.75) is 25.3 Å². The molecule has 3 aromatic rings. The highest BCUT2D eigenvalue weighted by Crippen LogP contribution is 2.17. The molecule has 0 atom stereocenters. The molecule has 0 aliphatic rings. The number of aromatic nitrogens is 2. The molecule has 1 heterocycles. The highest BCUT2D eigenvalue weighted by Gasteiger charge is 2.09. The fraction of sp³-hybridized carbons (Fsp3) is 0.250. The van der Waals surface area contributed by atoms with Crippen molar-refractivity contribution in [3.05, 3.63) is 70.3 Å². The van der Waals surface area contributed by atoms with Gasteiger partial charge < -0.3 is 5.32 Å². The van der Waals surface area contributed by atoms with Crippen molar-refractivity contribution in [1.29, 1.82) is 0 Å². The van der Waals surface area contributed by atoms with Crippen LogP contribution in [-0.2, 0) is 11.3 Å². The maximum atomic E-state index is 12.5. The van der Waals surface area contributed by atoms with Crippen LogP contribution in [0.3, 0.4) is 0 Å². The van der Waals surface area contributed by atoms with Crippen molar-refractivity contribution < 1.29 is 4.79 Å². The van der Waals surface area contributed by atoms with Gasteiger partial charge in [-0.2, -0.15) is 0 Å². The number of hydrogen-bond donors (Lipinski definition) is 1. The molecule has 0 aliphatic heterocycles. The highest BCUT2D eigenvalue weighted by molar-refractivity contribution is 7.99. The second-order valence-corrected chi connectivity index (χ2v) is 7.33. The third kappa shape index (κ3) is 4.32. The number of carbonyl (C=O) groups is 1. The van der Waals surface area contributed by atoms with E-state index in [2.05, 4.69) is 41.5 Å². The Morgan fingerprint density at radius 3 is 2.69 bits per heavy atom. The van der Waals surface area contributed by atoms with Crippen LogP contribution in [0.4, 0.5) is 0 Å². The second kappa shape index (κ2) is 8.19. The van der Waals surface area contributed by atoms with Gasteiger partial charge in [-0.1, -0.05) is 29.8 Å². The van der Waals surface area contributed by atoms with E-state index in [-0.39, 0.29) is 18.0 Å². The number of rotatable bonds is 6. The number of thioether (sulfide) groups is 1. The Morgan fingerprint density at radius 1 is 1.15 bits per heavy atom. The Morgan fingerprint density at radius 2 is 1.92 bits per heavy atom. The maximum Gasteiger partial charge on any atom is 0.261 e. The van der Waals surface area contributed by atoms with Crippen molar-refractivity contribution in [3.63, 3.8) is 0 Å².